The molecule has 1 aromatic carbocycles. The molecule has 0 spiro atoms. The fourth-order valence-electron chi connectivity index (χ4n) is 3.06. The first-order valence-corrected chi connectivity index (χ1v) is 10.5. The van der Waals surface area contributed by atoms with Gasteiger partial charge in [-0.3, -0.25) is 19.3 Å². The maximum atomic E-state index is 13.6. The Labute approximate surface area is 180 Å². The van der Waals surface area contributed by atoms with Crippen molar-refractivity contribution in [3.8, 4) is 0 Å². The summed E-state index contributed by atoms with van der Waals surface area (Å²) in [6.45, 7) is 9.50. The largest absolute Gasteiger partial charge is 0.395 e. The molecule has 0 aliphatic heterocycles. The standard InChI is InChI=1S/C21H29N5O3S/c1-6-8-14(19(28)24-21(3,4)5)26(13-10-7-9-12(2)11-13)20(29)17-15(22)16(18(23)27)25-30-17/h7,9-11,14H,6,8,22H2,1-5H3,(H2,23,27)(H,24,28)/t14-/m1/s1. The summed E-state index contributed by atoms with van der Waals surface area (Å²) < 4.78 is 3.93. The number of carbonyl (C=O) groups is 3. The van der Waals surface area contributed by atoms with Crippen molar-refractivity contribution < 1.29 is 14.4 Å². The number of rotatable bonds is 7. The quantitative estimate of drug-likeness (QED) is 0.620. The van der Waals surface area contributed by atoms with Crippen LogP contribution in [0.15, 0.2) is 24.3 Å². The second-order valence-electron chi connectivity index (χ2n) is 8.20. The van der Waals surface area contributed by atoms with E-state index in [9.17, 15) is 14.4 Å². The molecule has 0 radical (unpaired) electrons. The van der Waals surface area contributed by atoms with Crippen molar-refractivity contribution >= 4 is 40.6 Å². The minimum Gasteiger partial charge on any atom is -0.395 e. The molecular weight excluding hydrogens is 402 g/mol. The van der Waals surface area contributed by atoms with Gasteiger partial charge in [-0.1, -0.05) is 25.5 Å². The minimum absolute atomic E-state index is 0.0679. The molecule has 1 heterocycles. The lowest BCUT2D eigenvalue weighted by atomic mass is 10.0. The number of hydrogen-bond acceptors (Lipinski definition) is 6. The van der Waals surface area contributed by atoms with Gasteiger partial charge in [0.1, 0.15) is 10.9 Å². The van der Waals surface area contributed by atoms with Crippen LogP contribution in [-0.2, 0) is 4.79 Å². The van der Waals surface area contributed by atoms with E-state index >= 15 is 0 Å². The average molecular weight is 432 g/mol. The van der Waals surface area contributed by atoms with Gasteiger partial charge in [0.2, 0.25) is 5.91 Å². The molecule has 9 heteroatoms. The number of nitrogens with two attached hydrogens (primary N) is 2. The van der Waals surface area contributed by atoms with E-state index in [1.165, 1.54) is 4.90 Å². The van der Waals surface area contributed by atoms with Gasteiger partial charge in [-0.2, -0.15) is 4.37 Å². The summed E-state index contributed by atoms with van der Waals surface area (Å²) in [5.74, 6) is -1.57. The highest BCUT2D eigenvalue weighted by Gasteiger charge is 2.35. The molecule has 0 saturated carbocycles. The van der Waals surface area contributed by atoms with Crippen LogP contribution in [0.25, 0.3) is 0 Å². The summed E-state index contributed by atoms with van der Waals surface area (Å²) in [5.41, 5.74) is 12.1. The molecule has 1 atom stereocenters. The number of nitrogens with one attached hydrogen (secondary N) is 1. The summed E-state index contributed by atoms with van der Waals surface area (Å²) in [5, 5.41) is 2.96. The zero-order chi connectivity index (χ0) is 22.6. The van der Waals surface area contributed by atoms with Crippen molar-refractivity contribution in [3.05, 3.63) is 40.4 Å². The smallest absolute Gasteiger partial charge is 0.272 e. The lowest BCUT2D eigenvalue weighted by molar-refractivity contribution is -0.123. The van der Waals surface area contributed by atoms with E-state index in [1.54, 1.807) is 6.07 Å². The third kappa shape index (κ3) is 5.35. The fourth-order valence-corrected chi connectivity index (χ4v) is 3.80. The average Bonchev–Trinajstić information content (AvgIpc) is 3.01. The van der Waals surface area contributed by atoms with E-state index in [0.29, 0.717) is 18.5 Å². The summed E-state index contributed by atoms with van der Waals surface area (Å²) >= 11 is 0.801. The Morgan fingerprint density at radius 1 is 1.27 bits per heavy atom. The van der Waals surface area contributed by atoms with Gasteiger partial charge in [0.25, 0.3) is 11.8 Å². The number of amides is 3. The van der Waals surface area contributed by atoms with Crippen LogP contribution in [0.1, 0.15) is 66.3 Å². The van der Waals surface area contributed by atoms with E-state index in [2.05, 4.69) is 9.69 Å². The normalized spacial score (nSPS) is 12.3. The minimum atomic E-state index is -0.805. The van der Waals surface area contributed by atoms with Crippen LogP contribution in [-0.4, -0.2) is 33.7 Å². The van der Waals surface area contributed by atoms with Gasteiger partial charge in [0.15, 0.2) is 5.69 Å². The first kappa shape index (κ1) is 23.3. The van der Waals surface area contributed by atoms with Crippen molar-refractivity contribution in [2.45, 2.75) is 59.0 Å². The Morgan fingerprint density at radius 2 is 1.93 bits per heavy atom. The fraction of sp³-hybridized carbons (Fsp3) is 0.429. The van der Waals surface area contributed by atoms with Gasteiger partial charge >= 0.3 is 0 Å². The van der Waals surface area contributed by atoms with E-state index in [-0.39, 0.29) is 22.2 Å². The third-order valence-corrected chi connectivity index (χ3v) is 5.18. The summed E-state index contributed by atoms with van der Waals surface area (Å²) in [7, 11) is 0. The predicted molar refractivity (Wildman–Crippen MR) is 120 cm³/mol. The van der Waals surface area contributed by atoms with Crippen LogP contribution in [0, 0.1) is 6.92 Å². The van der Waals surface area contributed by atoms with Gasteiger partial charge in [-0.25, -0.2) is 0 Å². The van der Waals surface area contributed by atoms with Crippen LogP contribution in [0.5, 0.6) is 0 Å². The zero-order valence-corrected chi connectivity index (χ0v) is 18.8. The molecule has 0 unspecified atom stereocenters. The van der Waals surface area contributed by atoms with Crippen molar-refractivity contribution in [2.75, 3.05) is 10.6 Å². The van der Waals surface area contributed by atoms with Gasteiger partial charge in [0, 0.05) is 11.2 Å². The SMILES string of the molecule is CCC[C@H](C(=O)NC(C)(C)C)N(C(=O)c1snc(C(N)=O)c1N)c1cccc(C)c1. The van der Waals surface area contributed by atoms with Crippen molar-refractivity contribution in [1.29, 1.82) is 0 Å². The highest BCUT2D eigenvalue weighted by Crippen LogP contribution is 2.29. The van der Waals surface area contributed by atoms with Crippen LogP contribution < -0.4 is 21.7 Å². The van der Waals surface area contributed by atoms with Gasteiger partial charge in [-0.15, -0.1) is 0 Å². The number of nitrogen functional groups attached to an aromatic ring is 1. The zero-order valence-electron chi connectivity index (χ0n) is 18.0. The number of aromatic nitrogens is 1. The Kier molecular flexibility index (Phi) is 7.20. The molecule has 8 nitrogen and oxygen atoms in total. The summed E-state index contributed by atoms with van der Waals surface area (Å²) in [6, 6.07) is 6.56. The van der Waals surface area contributed by atoms with Crippen LogP contribution in [0.2, 0.25) is 0 Å². The highest BCUT2D eigenvalue weighted by atomic mass is 32.1. The predicted octanol–water partition coefficient (Wildman–Crippen LogP) is 2.86. The van der Waals surface area contributed by atoms with Crippen molar-refractivity contribution in [3.63, 3.8) is 0 Å². The van der Waals surface area contributed by atoms with Crippen molar-refractivity contribution in [2.24, 2.45) is 5.73 Å². The number of nitrogens with zero attached hydrogens (tertiary/aromatic N) is 2. The molecule has 5 N–H and O–H groups in total. The Bertz CT molecular complexity index is 948. The number of carbonyl (C=O) groups excluding carboxylic acids is 3. The lowest BCUT2D eigenvalue weighted by Gasteiger charge is -2.33. The van der Waals surface area contributed by atoms with Gasteiger partial charge in [0.05, 0.1) is 5.69 Å². The first-order chi connectivity index (χ1) is 14.0. The maximum Gasteiger partial charge on any atom is 0.272 e. The molecule has 2 rings (SSSR count). The molecule has 0 fully saturated rings. The molecule has 0 bridgehead atoms. The molecule has 30 heavy (non-hydrogen) atoms. The Balaban J connectivity index is 2.60. The van der Waals surface area contributed by atoms with Gasteiger partial charge < -0.3 is 16.8 Å². The molecule has 0 saturated heterocycles. The number of benzene rings is 1. The van der Waals surface area contributed by atoms with Crippen LogP contribution >= 0.6 is 11.5 Å². The molecule has 1 aromatic heterocycles. The van der Waals surface area contributed by atoms with E-state index < -0.39 is 23.4 Å². The summed E-state index contributed by atoms with van der Waals surface area (Å²) in [4.78, 5) is 39.8. The highest BCUT2D eigenvalue weighted by molar-refractivity contribution is 7.09. The number of hydrogen-bond donors (Lipinski definition) is 3. The second-order valence-corrected chi connectivity index (χ2v) is 8.97. The third-order valence-electron chi connectivity index (χ3n) is 4.33. The molecular formula is C21H29N5O3S. The van der Waals surface area contributed by atoms with E-state index in [0.717, 1.165) is 17.1 Å². The molecule has 2 aromatic rings. The van der Waals surface area contributed by atoms with E-state index in [1.807, 2.05) is 52.8 Å². The molecule has 0 aliphatic rings. The maximum absolute atomic E-state index is 13.6. The number of anilines is 2. The second kappa shape index (κ2) is 9.25. The lowest BCUT2D eigenvalue weighted by Crippen LogP contribution is -2.54. The molecule has 0 aliphatic carbocycles. The number of aryl methyl sites for hydroxylation is 1. The van der Waals surface area contributed by atoms with Gasteiger partial charge in [-0.05, 0) is 63.3 Å². The molecule has 3 amide bonds. The topological polar surface area (TPSA) is 131 Å². The van der Waals surface area contributed by atoms with Crippen LogP contribution in [0.4, 0.5) is 11.4 Å². The monoisotopic (exact) mass is 431 g/mol. The first-order valence-electron chi connectivity index (χ1n) is 9.73. The number of primary amides is 1. The van der Waals surface area contributed by atoms with Crippen molar-refractivity contribution in [1.82, 2.24) is 9.69 Å². The Hall–Kier alpha value is -2.94. The molecule has 162 valence electrons. The van der Waals surface area contributed by atoms with E-state index in [4.69, 9.17) is 11.5 Å². The van der Waals surface area contributed by atoms with Crippen LogP contribution in [0.3, 0.4) is 0 Å². The summed E-state index contributed by atoms with van der Waals surface area (Å²) in [6.07, 6.45) is 1.13. The Morgan fingerprint density at radius 3 is 2.43 bits per heavy atom.